The van der Waals surface area contributed by atoms with Crippen LogP contribution in [0.15, 0.2) is 23.1 Å². The average molecular weight is 298 g/mol. The maximum atomic E-state index is 12.4. The minimum Gasteiger partial charge on any atom is -0.492 e. The summed E-state index contributed by atoms with van der Waals surface area (Å²) in [6.45, 7) is 4.11. The highest BCUT2D eigenvalue weighted by Gasteiger charge is 2.27. The van der Waals surface area contributed by atoms with E-state index < -0.39 is 10.0 Å². The molecule has 0 saturated heterocycles. The summed E-state index contributed by atoms with van der Waals surface area (Å²) >= 11 is 0. The summed E-state index contributed by atoms with van der Waals surface area (Å²) in [4.78, 5) is 0.113. The van der Waals surface area contributed by atoms with Gasteiger partial charge in [-0.15, -0.1) is 0 Å². The van der Waals surface area contributed by atoms with Crippen molar-refractivity contribution in [3.8, 4) is 5.75 Å². The number of rotatable bonds is 7. The van der Waals surface area contributed by atoms with Crippen molar-refractivity contribution in [2.75, 3.05) is 12.3 Å². The Hall–Kier alpha value is -1.27. The maximum Gasteiger partial charge on any atom is 0.244 e. The fraction of sp³-hybridized carbons (Fsp3) is 0.571. The highest BCUT2D eigenvalue weighted by Crippen LogP contribution is 2.34. The van der Waals surface area contributed by atoms with Crippen molar-refractivity contribution in [1.29, 1.82) is 0 Å². The Labute approximate surface area is 120 Å². The first kappa shape index (κ1) is 15.1. The van der Waals surface area contributed by atoms with E-state index in [4.69, 9.17) is 10.5 Å². The number of ether oxygens (including phenoxy) is 1. The smallest absolute Gasteiger partial charge is 0.244 e. The minimum absolute atomic E-state index is 0.0802. The topological polar surface area (TPSA) is 81.4 Å². The molecule has 0 aromatic heterocycles. The number of nitrogens with one attached hydrogen (secondary N) is 1. The molecule has 0 heterocycles. The van der Waals surface area contributed by atoms with Gasteiger partial charge in [0.05, 0.1) is 6.61 Å². The van der Waals surface area contributed by atoms with Crippen LogP contribution in [0.3, 0.4) is 0 Å². The average Bonchev–Trinajstić information content (AvgIpc) is 3.14. The molecule has 1 aromatic rings. The molecule has 0 aliphatic heterocycles. The molecule has 1 fully saturated rings. The number of hydrogen-bond acceptors (Lipinski definition) is 4. The van der Waals surface area contributed by atoms with Gasteiger partial charge >= 0.3 is 0 Å². The molecular weight excluding hydrogens is 276 g/mol. The monoisotopic (exact) mass is 298 g/mol. The van der Waals surface area contributed by atoms with E-state index in [0.29, 0.717) is 24.0 Å². The largest absolute Gasteiger partial charge is 0.492 e. The zero-order chi connectivity index (χ0) is 14.8. The van der Waals surface area contributed by atoms with Crippen molar-refractivity contribution >= 4 is 15.7 Å². The zero-order valence-corrected chi connectivity index (χ0v) is 12.7. The molecule has 2 rings (SSSR count). The second kappa shape index (κ2) is 6.01. The Morgan fingerprint density at radius 3 is 2.75 bits per heavy atom. The Morgan fingerprint density at radius 1 is 1.45 bits per heavy atom. The molecule has 0 radical (unpaired) electrons. The summed E-state index contributed by atoms with van der Waals surface area (Å²) in [7, 11) is -3.61. The van der Waals surface area contributed by atoms with E-state index in [1.807, 2.05) is 13.8 Å². The Morgan fingerprint density at radius 2 is 2.15 bits per heavy atom. The SMILES string of the molecule is CCOc1ccc(N)cc1S(=O)(=O)NC(C)CC1CC1. The van der Waals surface area contributed by atoms with Crippen LogP contribution in [0.25, 0.3) is 0 Å². The van der Waals surface area contributed by atoms with Gasteiger partial charge in [0.2, 0.25) is 10.0 Å². The van der Waals surface area contributed by atoms with E-state index in [2.05, 4.69) is 4.72 Å². The molecule has 5 nitrogen and oxygen atoms in total. The Balaban J connectivity index is 2.20. The first-order valence-electron chi connectivity index (χ1n) is 6.97. The first-order chi connectivity index (χ1) is 9.42. The van der Waals surface area contributed by atoms with Crippen LogP contribution in [0.2, 0.25) is 0 Å². The van der Waals surface area contributed by atoms with Crippen LogP contribution in [0.1, 0.15) is 33.1 Å². The summed E-state index contributed by atoms with van der Waals surface area (Å²) in [5, 5.41) is 0. The molecule has 1 unspecified atom stereocenters. The molecular formula is C14H22N2O3S. The molecule has 112 valence electrons. The lowest BCUT2D eigenvalue weighted by Crippen LogP contribution is -2.33. The number of nitrogen functional groups attached to an aromatic ring is 1. The standard InChI is InChI=1S/C14H22N2O3S/c1-3-19-13-7-6-12(15)9-14(13)20(17,18)16-10(2)8-11-4-5-11/h6-7,9-11,16H,3-5,8,15H2,1-2H3. The lowest BCUT2D eigenvalue weighted by atomic mass is 10.2. The minimum atomic E-state index is -3.61. The normalized spacial score (nSPS) is 16.9. The summed E-state index contributed by atoms with van der Waals surface area (Å²) in [6.07, 6.45) is 3.29. The number of hydrogen-bond donors (Lipinski definition) is 2. The van der Waals surface area contributed by atoms with Crippen LogP contribution in [0, 0.1) is 5.92 Å². The van der Waals surface area contributed by atoms with Crippen LogP contribution >= 0.6 is 0 Å². The second-order valence-electron chi connectivity index (χ2n) is 5.34. The van der Waals surface area contributed by atoms with E-state index in [0.717, 1.165) is 6.42 Å². The maximum absolute atomic E-state index is 12.4. The highest BCUT2D eigenvalue weighted by molar-refractivity contribution is 7.89. The fourth-order valence-electron chi connectivity index (χ4n) is 2.24. The van der Waals surface area contributed by atoms with Gasteiger partial charge in [-0.05, 0) is 44.4 Å². The first-order valence-corrected chi connectivity index (χ1v) is 8.45. The third kappa shape index (κ3) is 3.86. The van der Waals surface area contributed by atoms with Gasteiger partial charge in [-0.25, -0.2) is 13.1 Å². The molecule has 1 aromatic carbocycles. The molecule has 6 heteroatoms. The van der Waals surface area contributed by atoms with Crippen molar-refractivity contribution in [1.82, 2.24) is 4.72 Å². The van der Waals surface area contributed by atoms with Gasteiger partial charge in [-0.1, -0.05) is 12.8 Å². The molecule has 1 aliphatic rings. The Kier molecular flexibility index (Phi) is 4.55. The molecule has 1 atom stereocenters. The third-order valence-corrected chi connectivity index (χ3v) is 4.91. The number of sulfonamides is 1. The van der Waals surface area contributed by atoms with E-state index in [1.54, 1.807) is 12.1 Å². The fourth-order valence-corrected chi connectivity index (χ4v) is 3.68. The molecule has 0 bridgehead atoms. The predicted octanol–water partition coefficient (Wildman–Crippen LogP) is 2.13. The van der Waals surface area contributed by atoms with Crippen LogP contribution in [-0.4, -0.2) is 21.1 Å². The van der Waals surface area contributed by atoms with Crippen LogP contribution in [-0.2, 0) is 10.0 Å². The van der Waals surface area contributed by atoms with Crippen LogP contribution < -0.4 is 15.2 Å². The zero-order valence-electron chi connectivity index (χ0n) is 11.9. The molecule has 20 heavy (non-hydrogen) atoms. The quantitative estimate of drug-likeness (QED) is 0.756. The molecule has 0 amide bonds. The summed E-state index contributed by atoms with van der Waals surface area (Å²) < 4.78 is 33.0. The number of benzene rings is 1. The third-order valence-electron chi connectivity index (χ3n) is 3.30. The summed E-state index contributed by atoms with van der Waals surface area (Å²) in [6, 6.07) is 4.59. The Bertz CT molecular complexity index is 568. The van der Waals surface area contributed by atoms with Gasteiger partial charge < -0.3 is 10.5 Å². The molecule has 1 saturated carbocycles. The second-order valence-corrected chi connectivity index (χ2v) is 7.02. The number of anilines is 1. The van der Waals surface area contributed by atoms with Gasteiger partial charge in [-0.2, -0.15) is 0 Å². The molecule has 0 spiro atoms. The van der Waals surface area contributed by atoms with Gasteiger partial charge in [-0.3, -0.25) is 0 Å². The van der Waals surface area contributed by atoms with Crippen molar-refractivity contribution in [3.05, 3.63) is 18.2 Å². The van der Waals surface area contributed by atoms with Crippen molar-refractivity contribution in [3.63, 3.8) is 0 Å². The van der Waals surface area contributed by atoms with Crippen molar-refractivity contribution in [2.45, 2.75) is 44.0 Å². The highest BCUT2D eigenvalue weighted by atomic mass is 32.2. The van der Waals surface area contributed by atoms with Gasteiger partial charge in [0.15, 0.2) is 0 Å². The van der Waals surface area contributed by atoms with E-state index in [-0.39, 0.29) is 10.9 Å². The van der Waals surface area contributed by atoms with E-state index >= 15 is 0 Å². The summed E-state index contributed by atoms with van der Waals surface area (Å²) in [5.41, 5.74) is 6.10. The van der Waals surface area contributed by atoms with E-state index in [9.17, 15) is 8.42 Å². The van der Waals surface area contributed by atoms with Crippen LogP contribution in [0.5, 0.6) is 5.75 Å². The lowest BCUT2D eigenvalue weighted by molar-refractivity contribution is 0.331. The predicted molar refractivity (Wildman–Crippen MR) is 79.1 cm³/mol. The van der Waals surface area contributed by atoms with Crippen molar-refractivity contribution < 1.29 is 13.2 Å². The van der Waals surface area contributed by atoms with Crippen LogP contribution in [0.4, 0.5) is 5.69 Å². The number of nitrogens with two attached hydrogens (primary N) is 1. The lowest BCUT2D eigenvalue weighted by Gasteiger charge is -2.16. The molecule has 3 N–H and O–H groups in total. The molecule has 1 aliphatic carbocycles. The van der Waals surface area contributed by atoms with Gasteiger partial charge in [0, 0.05) is 11.7 Å². The van der Waals surface area contributed by atoms with Gasteiger partial charge in [0.1, 0.15) is 10.6 Å². The van der Waals surface area contributed by atoms with E-state index in [1.165, 1.54) is 18.9 Å². The van der Waals surface area contributed by atoms with Gasteiger partial charge in [0.25, 0.3) is 0 Å². The van der Waals surface area contributed by atoms with Crippen molar-refractivity contribution in [2.24, 2.45) is 5.92 Å². The summed E-state index contributed by atoms with van der Waals surface area (Å²) in [5.74, 6) is 1.01.